The molecule has 0 spiro atoms. The van der Waals surface area contributed by atoms with Gasteiger partial charge in [-0.25, -0.2) is 4.79 Å². The molecule has 6 heteroatoms. The molecule has 0 aromatic rings. The minimum absolute atomic E-state index is 0.0766. The number of amides is 2. The van der Waals surface area contributed by atoms with Gasteiger partial charge in [0.05, 0.1) is 0 Å². The van der Waals surface area contributed by atoms with Gasteiger partial charge in [-0.1, -0.05) is 13.8 Å². The third kappa shape index (κ3) is 3.54. The number of imide groups is 1. The van der Waals surface area contributed by atoms with Crippen LogP contribution in [0.5, 0.6) is 0 Å². The lowest BCUT2D eigenvalue weighted by molar-refractivity contribution is -0.156. The van der Waals surface area contributed by atoms with Crippen LogP contribution in [-0.2, 0) is 14.4 Å². The molecule has 0 aromatic carbocycles. The lowest BCUT2D eigenvalue weighted by Crippen LogP contribution is -2.49. The number of thiol groups is 1. The van der Waals surface area contributed by atoms with Gasteiger partial charge in [-0.05, 0) is 0 Å². The van der Waals surface area contributed by atoms with Crippen molar-refractivity contribution in [3.63, 3.8) is 0 Å². The number of aliphatic carboxylic acids is 1. The number of carboxylic acid groups (broad SMARTS) is 1. The topological polar surface area (TPSA) is 74.7 Å². The Bertz CT molecular complexity index is 251. The molecule has 1 atom stereocenters. The molecule has 5 nitrogen and oxygen atoms in total. The first kappa shape index (κ1) is 14.0. The van der Waals surface area contributed by atoms with Crippen LogP contribution < -0.4 is 0 Å². The van der Waals surface area contributed by atoms with Gasteiger partial charge in [0.25, 0.3) is 0 Å². The third-order valence-corrected chi connectivity index (χ3v) is 2.26. The Labute approximate surface area is 93.9 Å². The van der Waals surface area contributed by atoms with Crippen molar-refractivity contribution >= 4 is 30.4 Å². The van der Waals surface area contributed by atoms with E-state index in [0.717, 1.165) is 4.90 Å². The number of carbonyl (C=O) groups is 3. The minimum Gasteiger partial charge on any atom is -0.480 e. The van der Waals surface area contributed by atoms with Gasteiger partial charge in [0.1, 0.15) is 6.04 Å². The molecule has 0 unspecified atom stereocenters. The van der Waals surface area contributed by atoms with Gasteiger partial charge in [0.2, 0.25) is 11.8 Å². The lowest BCUT2D eigenvalue weighted by Gasteiger charge is -2.25. The first-order valence-corrected chi connectivity index (χ1v) is 5.31. The van der Waals surface area contributed by atoms with Gasteiger partial charge in [-0.15, -0.1) is 0 Å². The summed E-state index contributed by atoms with van der Waals surface area (Å²) in [6, 6.07) is -1.17. The van der Waals surface area contributed by atoms with Crippen LogP contribution in [0.25, 0.3) is 0 Å². The average Bonchev–Trinajstić information content (AvgIpc) is 2.23. The van der Waals surface area contributed by atoms with E-state index in [1.54, 1.807) is 13.8 Å². The van der Waals surface area contributed by atoms with Crippen molar-refractivity contribution in [2.75, 3.05) is 5.75 Å². The number of rotatable bonds is 5. The van der Waals surface area contributed by atoms with E-state index in [4.69, 9.17) is 5.11 Å². The monoisotopic (exact) mass is 233 g/mol. The average molecular weight is 233 g/mol. The van der Waals surface area contributed by atoms with Crippen molar-refractivity contribution in [2.24, 2.45) is 0 Å². The third-order valence-electron chi connectivity index (χ3n) is 1.91. The van der Waals surface area contributed by atoms with E-state index in [9.17, 15) is 14.4 Å². The van der Waals surface area contributed by atoms with Crippen LogP contribution in [0.2, 0.25) is 0 Å². The van der Waals surface area contributed by atoms with E-state index in [-0.39, 0.29) is 18.6 Å². The van der Waals surface area contributed by atoms with Crippen molar-refractivity contribution < 1.29 is 19.5 Å². The van der Waals surface area contributed by atoms with Crippen LogP contribution in [0.15, 0.2) is 0 Å². The van der Waals surface area contributed by atoms with Gasteiger partial charge < -0.3 is 5.11 Å². The van der Waals surface area contributed by atoms with Crippen molar-refractivity contribution in [3.05, 3.63) is 0 Å². The van der Waals surface area contributed by atoms with Crippen LogP contribution >= 0.6 is 12.6 Å². The molecule has 0 radical (unpaired) electrons. The summed E-state index contributed by atoms with van der Waals surface area (Å²) in [5.74, 6) is -2.26. The number of carboxylic acids is 1. The largest absolute Gasteiger partial charge is 0.480 e. The summed E-state index contributed by atoms with van der Waals surface area (Å²) in [6.45, 7) is 3.16. The van der Waals surface area contributed by atoms with Crippen LogP contribution in [-0.4, -0.2) is 39.6 Å². The van der Waals surface area contributed by atoms with Crippen molar-refractivity contribution in [1.29, 1.82) is 0 Å². The highest BCUT2D eigenvalue weighted by molar-refractivity contribution is 7.80. The van der Waals surface area contributed by atoms with E-state index < -0.39 is 23.8 Å². The molecule has 0 bridgehead atoms. The molecule has 0 aliphatic rings. The Kier molecular flexibility index (Phi) is 6.00. The smallest absolute Gasteiger partial charge is 0.327 e. The maximum Gasteiger partial charge on any atom is 0.327 e. The van der Waals surface area contributed by atoms with E-state index in [1.165, 1.54) is 0 Å². The summed E-state index contributed by atoms with van der Waals surface area (Å²) in [6.07, 6.45) is 0.201. The first-order valence-electron chi connectivity index (χ1n) is 4.68. The molecule has 0 aliphatic heterocycles. The standard InChI is InChI=1S/C9H15NO4S/c1-3-7(11)10(8(12)4-2)6(5-15)9(13)14/h6,15H,3-5H2,1-2H3,(H,13,14)/t6-/m0/s1. The molecule has 1 N–H and O–H groups in total. The maximum absolute atomic E-state index is 11.4. The second kappa shape index (κ2) is 6.44. The predicted octanol–water partition coefficient (Wildman–Crippen LogP) is 0.545. The van der Waals surface area contributed by atoms with Crippen LogP contribution in [0, 0.1) is 0 Å². The van der Waals surface area contributed by atoms with Gasteiger partial charge in [-0.3, -0.25) is 14.5 Å². The normalized spacial score (nSPS) is 11.9. The summed E-state index contributed by atoms with van der Waals surface area (Å²) >= 11 is 3.83. The molecule has 0 aromatic heterocycles. The SMILES string of the molecule is CCC(=O)N(C(=O)CC)[C@@H](CS)C(=O)O. The lowest BCUT2D eigenvalue weighted by atomic mass is 10.2. The van der Waals surface area contributed by atoms with Crippen LogP contribution in [0.4, 0.5) is 0 Å². The van der Waals surface area contributed by atoms with E-state index in [1.807, 2.05) is 0 Å². The zero-order valence-corrected chi connectivity index (χ0v) is 9.66. The fourth-order valence-electron chi connectivity index (χ4n) is 1.10. The fourth-order valence-corrected chi connectivity index (χ4v) is 1.42. The molecule has 2 amide bonds. The molecule has 0 saturated heterocycles. The number of carbonyl (C=O) groups excluding carboxylic acids is 2. The molecular weight excluding hydrogens is 218 g/mol. The molecule has 0 saturated carbocycles. The molecular formula is C9H15NO4S. The fraction of sp³-hybridized carbons (Fsp3) is 0.667. The Balaban J connectivity index is 4.98. The summed E-state index contributed by atoms with van der Waals surface area (Å²) < 4.78 is 0. The number of hydrogen-bond donors (Lipinski definition) is 2. The number of hydrogen-bond acceptors (Lipinski definition) is 4. The van der Waals surface area contributed by atoms with Gasteiger partial charge >= 0.3 is 5.97 Å². The van der Waals surface area contributed by atoms with Crippen molar-refractivity contribution in [2.45, 2.75) is 32.7 Å². The van der Waals surface area contributed by atoms with E-state index in [0.29, 0.717) is 0 Å². The Morgan fingerprint density at radius 1 is 1.20 bits per heavy atom. The summed E-state index contributed by atoms with van der Waals surface area (Å²) in [4.78, 5) is 34.5. The minimum atomic E-state index is -1.21. The van der Waals surface area contributed by atoms with E-state index in [2.05, 4.69) is 12.6 Å². The highest BCUT2D eigenvalue weighted by atomic mass is 32.1. The van der Waals surface area contributed by atoms with Crippen LogP contribution in [0.1, 0.15) is 26.7 Å². The summed E-state index contributed by atoms with van der Waals surface area (Å²) in [5, 5.41) is 8.84. The zero-order chi connectivity index (χ0) is 12.0. The highest BCUT2D eigenvalue weighted by Gasteiger charge is 2.31. The number of nitrogens with zero attached hydrogens (tertiary/aromatic N) is 1. The van der Waals surface area contributed by atoms with Crippen molar-refractivity contribution in [3.8, 4) is 0 Å². The maximum atomic E-state index is 11.4. The Morgan fingerprint density at radius 3 is 1.80 bits per heavy atom. The second-order valence-corrected chi connectivity index (χ2v) is 3.27. The molecule has 15 heavy (non-hydrogen) atoms. The Hall–Kier alpha value is -1.04. The molecule has 0 rings (SSSR count). The van der Waals surface area contributed by atoms with Gasteiger partial charge in [0, 0.05) is 18.6 Å². The molecule has 0 heterocycles. The first-order chi connectivity index (χ1) is 6.99. The van der Waals surface area contributed by atoms with Crippen molar-refractivity contribution in [1.82, 2.24) is 4.90 Å². The van der Waals surface area contributed by atoms with Crippen LogP contribution in [0.3, 0.4) is 0 Å². The van der Waals surface area contributed by atoms with Gasteiger partial charge in [0.15, 0.2) is 0 Å². The zero-order valence-electron chi connectivity index (χ0n) is 8.77. The van der Waals surface area contributed by atoms with E-state index >= 15 is 0 Å². The molecule has 0 aliphatic carbocycles. The molecule has 0 fully saturated rings. The van der Waals surface area contributed by atoms with Gasteiger partial charge in [-0.2, -0.15) is 12.6 Å². The molecule has 86 valence electrons. The quantitative estimate of drug-likeness (QED) is 0.680. The highest BCUT2D eigenvalue weighted by Crippen LogP contribution is 2.07. The Morgan fingerprint density at radius 2 is 1.60 bits per heavy atom. The summed E-state index contributed by atoms with van der Waals surface area (Å²) in [7, 11) is 0. The predicted molar refractivity (Wildman–Crippen MR) is 57.7 cm³/mol. The second-order valence-electron chi connectivity index (χ2n) is 2.90. The summed E-state index contributed by atoms with van der Waals surface area (Å²) in [5.41, 5.74) is 0.